The zero-order chi connectivity index (χ0) is 16.6. The lowest BCUT2D eigenvalue weighted by Gasteiger charge is -2.22. The Labute approximate surface area is 137 Å². The fraction of sp³-hybridized carbons (Fsp3) is 0.316. The van der Waals surface area contributed by atoms with Crippen molar-refractivity contribution in [2.24, 2.45) is 7.05 Å². The molecule has 0 aliphatic heterocycles. The van der Waals surface area contributed by atoms with Gasteiger partial charge >= 0.3 is 0 Å². The molecule has 0 fully saturated rings. The normalized spacial score (nSPS) is 11.1. The van der Waals surface area contributed by atoms with Gasteiger partial charge in [0.25, 0.3) is 0 Å². The lowest BCUT2D eigenvalue weighted by Crippen LogP contribution is -2.21. The van der Waals surface area contributed by atoms with Gasteiger partial charge in [-0.25, -0.2) is 4.98 Å². The number of benzene rings is 2. The molecule has 0 aliphatic rings. The Morgan fingerprint density at radius 3 is 2.52 bits per heavy atom. The van der Waals surface area contributed by atoms with Crippen LogP contribution in [0.1, 0.15) is 19.4 Å². The first-order valence-corrected chi connectivity index (χ1v) is 8.13. The van der Waals surface area contributed by atoms with Crippen molar-refractivity contribution in [3.63, 3.8) is 0 Å². The molecule has 2 N–H and O–H groups in total. The predicted molar refractivity (Wildman–Crippen MR) is 98.9 cm³/mol. The van der Waals surface area contributed by atoms with Crippen molar-refractivity contribution in [3.8, 4) is 11.4 Å². The summed E-state index contributed by atoms with van der Waals surface area (Å²) in [6.45, 7) is 8.36. The molecule has 1 heterocycles. The molecule has 0 saturated carbocycles. The zero-order valence-corrected chi connectivity index (χ0v) is 14.3. The van der Waals surface area contributed by atoms with Crippen LogP contribution in [0, 0.1) is 6.92 Å². The third-order valence-corrected chi connectivity index (χ3v) is 4.44. The van der Waals surface area contributed by atoms with E-state index in [1.165, 1.54) is 11.3 Å². The molecule has 1 aromatic heterocycles. The van der Waals surface area contributed by atoms with Gasteiger partial charge in [0.15, 0.2) is 0 Å². The summed E-state index contributed by atoms with van der Waals surface area (Å²) in [6.07, 6.45) is 0. The van der Waals surface area contributed by atoms with Crippen molar-refractivity contribution in [2.75, 3.05) is 23.7 Å². The third kappa shape index (κ3) is 2.65. The first-order chi connectivity index (χ1) is 11.0. The minimum absolute atomic E-state index is 0.760. The Bertz CT molecular complexity index is 844. The van der Waals surface area contributed by atoms with Crippen molar-refractivity contribution in [3.05, 3.63) is 42.0 Å². The second-order valence-corrected chi connectivity index (χ2v) is 5.93. The van der Waals surface area contributed by atoms with E-state index in [1.54, 1.807) is 0 Å². The van der Waals surface area contributed by atoms with E-state index in [2.05, 4.69) is 60.6 Å². The van der Waals surface area contributed by atoms with Crippen molar-refractivity contribution < 1.29 is 0 Å². The van der Waals surface area contributed by atoms with Gasteiger partial charge in [-0.15, -0.1) is 0 Å². The van der Waals surface area contributed by atoms with Crippen LogP contribution < -0.4 is 10.6 Å². The van der Waals surface area contributed by atoms with Gasteiger partial charge < -0.3 is 15.2 Å². The second kappa shape index (κ2) is 5.95. The summed E-state index contributed by atoms with van der Waals surface area (Å²) in [5.74, 6) is 0.914. The molecule has 2 aromatic carbocycles. The SMILES string of the molecule is CCN(CC)c1ccc(N)c(-c2nc3cc(C)ccc3n2C)c1. The van der Waals surface area contributed by atoms with Crippen LogP contribution in [0.25, 0.3) is 22.4 Å². The van der Waals surface area contributed by atoms with Crippen LogP contribution in [-0.4, -0.2) is 22.6 Å². The lowest BCUT2D eigenvalue weighted by atomic mass is 10.1. The Morgan fingerprint density at radius 1 is 1.09 bits per heavy atom. The number of fused-ring (bicyclic) bond motifs is 1. The highest BCUT2D eigenvalue weighted by atomic mass is 15.1. The fourth-order valence-electron chi connectivity index (χ4n) is 3.07. The lowest BCUT2D eigenvalue weighted by molar-refractivity contribution is 0.866. The molecule has 0 radical (unpaired) electrons. The number of hydrogen-bond donors (Lipinski definition) is 1. The molecule has 0 bridgehead atoms. The molecule has 120 valence electrons. The van der Waals surface area contributed by atoms with Gasteiger partial charge in [-0.1, -0.05) is 6.07 Å². The smallest absolute Gasteiger partial charge is 0.143 e. The summed E-state index contributed by atoms with van der Waals surface area (Å²) in [4.78, 5) is 7.14. The summed E-state index contributed by atoms with van der Waals surface area (Å²) in [6, 6.07) is 12.6. The van der Waals surface area contributed by atoms with Gasteiger partial charge in [0.05, 0.1) is 11.0 Å². The molecule has 3 rings (SSSR count). The molecule has 0 atom stereocenters. The third-order valence-electron chi connectivity index (χ3n) is 4.44. The van der Waals surface area contributed by atoms with Crippen LogP contribution in [0.2, 0.25) is 0 Å². The number of nitrogens with zero attached hydrogens (tertiary/aromatic N) is 3. The monoisotopic (exact) mass is 308 g/mol. The molecule has 23 heavy (non-hydrogen) atoms. The van der Waals surface area contributed by atoms with Crippen molar-refractivity contribution in [2.45, 2.75) is 20.8 Å². The number of rotatable bonds is 4. The van der Waals surface area contributed by atoms with Crippen molar-refractivity contribution >= 4 is 22.4 Å². The van der Waals surface area contributed by atoms with Gasteiger partial charge in [-0.2, -0.15) is 0 Å². The number of imidazole rings is 1. The van der Waals surface area contributed by atoms with Gasteiger partial charge in [0, 0.05) is 37.1 Å². The molecule has 4 nitrogen and oxygen atoms in total. The maximum atomic E-state index is 6.25. The van der Waals surface area contributed by atoms with Crippen LogP contribution in [0.3, 0.4) is 0 Å². The Balaban J connectivity index is 2.18. The Hall–Kier alpha value is -2.49. The molecule has 0 saturated heterocycles. The second-order valence-electron chi connectivity index (χ2n) is 5.93. The van der Waals surface area contributed by atoms with E-state index >= 15 is 0 Å². The summed E-state index contributed by atoms with van der Waals surface area (Å²) in [5, 5.41) is 0. The topological polar surface area (TPSA) is 47.1 Å². The summed E-state index contributed by atoms with van der Waals surface area (Å²) >= 11 is 0. The Morgan fingerprint density at radius 2 is 1.83 bits per heavy atom. The van der Waals surface area contributed by atoms with Crippen LogP contribution >= 0.6 is 0 Å². The predicted octanol–water partition coefficient (Wildman–Crippen LogP) is 3.98. The molecule has 0 unspecified atom stereocenters. The van der Waals surface area contributed by atoms with Crippen LogP contribution in [-0.2, 0) is 7.05 Å². The van der Waals surface area contributed by atoms with Crippen LogP contribution in [0.5, 0.6) is 0 Å². The maximum absolute atomic E-state index is 6.25. The van der Waals surface area contributed by atoms with Gasteiger partial charge in [0.1, 0.15) is 5.82 Å². The zero-order valence-electron chi connectivity index (χ0n) is 14.3. The number of nitrogens with two attached hydrogens (primary N) is 1. The highest BCUT2D eigenvalue weighted by molar-refractivity contribution is 5.85. The number of aromatic nitrogens is 2. The Kier molecular flexibility index (Phi) is 3.99. The van der Waals surface area contributed by atoms with Gasteiger partial charge in [-0.3, -0.25) is 0 Å². The summed E-state index contributed by atoms with van der Waals surface area (Å²) in [5.41, 5.74) is 12.5. The first-order valence-electron chi connectivity index (χ1n) is 8.13. The first kappa shape index (κ1) is 15.4. The number of hydrogen-bond acceptors (Lipinski definition) is 3. The summed E-state index contributed by atoms with van der Waals surface area (Å²) in [7, 11) is 2.05. The standard InChI is InChI=1S/C19H24N4/c1-5-23(6-2)14-8-9-16(20)15(12-14)19-21-17-11-13(3)7-10-18(17)22(19)4/h7-12H,5-6,20H2,1-4H3. The number of anilines is 2. The maximum Gasteiger partial charge on any atom is 0.143 e. The van der Waals surface area contributed by atoms with Crippen LogP contribution in [0.15, 0.2) is 36.4 Å². The largest absolute Gasteiger partial charge is 0.398 e. The van der Waals surface area contributed by atoms with Gasteiger partial charge in [-0.05, 0) is 56.7 Å². The quantitative estimate of drug-likeness (QED) is 0.742. The molecule has 3 aromatic rings. The molecule has 0 aliphatic carbocycles. The van der Waals surface area contributed by atoms with Crippen molar-refractivity contribution in [1.29, 1.82) is 0 Å². The molecular weight excluding hydrogens is 284 g/mol. The van der Waals surface area contributed by atoms with E-state index < -0.39 is 0 Å². The molecule has 0 amide bonds. The highest BCUT2D eigenvalue weighted by Gasteiger charge is 2.14. The molecular formula is C19H24N4. The van der Waals surface area contributed by atoms with E-state index in [9.17, 15) is 0 Å². The molecule has 0 spiro atoms. The van der Waals surface area contributed by atoms with Crippen LogP contribution in [0.4, 0.5) is 11.4 Å². The number of aryl methyl sites for hydroxylation is 2. The minimum atomic E-state index is 0.760. The van der Waals surface area contributed by atoms with E-state index in [-0.39, 0.29) is 0 Å². The van der Waals surface area contributed by atoms with Gasteiger partial charge in [0.2, 0.25) is 0 Å². The number of nitrogen functional groups attached to an aromatic ring is 1. The van der Waals surface area contributed by atoms with Crippen molar-refractivity contribution in [1.82, 2.24) is 9.55 Å². The highest BCUT2D eigenvalue weighted by Crippen LogP contribution is 2.31. The average molecular weight is 308 g/mol. The fourth-order valence-corrected chi connectivity index (χ4v) is 3.07. The average Bonchev–Trinajstić information content (AvgIpc) is 2.86. The minimum Gasteiger partial charge on any atom is -0.398 e. The van der Waals surface area contributed by atoms with E-state index in [0.29, 0.717) is 0 Å². The summed E-state index contributed by atoms with van der Waals surface area (Å²) < 4.78 is 2.12. The van der Waals surface area contributed by atoms with E-state index in [0.717, 1.165) is 41.2 Å². The van der Waals surface area contributed by atoms with E-state index in [1.807, 2.05) is 13.1 Å². The van der Waals surface area contributed by atoms with E-state index in [4.69, 9.17) is 10.7 Å². The molecule has 4 heteroatoms.